The molecule has 0 aliphatic carbocycles. The Labute approximate surface area is 239 Å². The van der Waals surface area contributed by atoms with Crippen molar-refractivity contribution in [2.45, 2.75) is 104 Å². The lowest BCUT2D eigenvalue weighted by Gasteiger charge is -2.34. The minimum Gasteiger partial charge on any atom is -0.464 e. The van der Waals surface area contributed by atoms with Gasteiger partial charge in [0.15, 0.2) is 0 Å². The number of esters is 1. The Bertz CT molecular complexity index is 865. The average Bonchev–Trinajstić information content (AvgIpc) is 2.91. The standard InChI is InChI=1S/C29H50N4O7/c1-6-7-8-18-39-27(37)24(31-21(2)34)19-30-26(36)23-10-9-15-33(20-23)25(35)12-11-22-13-16-32(17-14-22)28(38)40-29(3,4)5/h22-24H,6-20H2,1-5H3,(H,30,36)(H,31,34)/t23-,24+/m1/s1. The van der Waals surface area contributed by atoms with Crippen molar-refractivity contribution in [1.82, 2.24) is 20.4 Å². The minimum atomic E-state index is -0.953. The van der Waals surface area contributed by atoms with Gasteiger partial charge in [-0.1, -0.05) is 19.8 Å². The van der Waals surface area contributed by atoms with Crippen molar-refractivity contribution < 1.29 is 33.4 Å². The molecule has 2 aliphatic rings. The zero-order chi connectivity index (χ0) is 29.7. The lowest BCUT2D eigenvalue weighted by atomic mass is 9.91. The highest BCUT2D eigenvalue weighted by atomic mass is 16.6. The van der Waals surface area contributed by atoms with E-state index in [0.29, 0.717) is 44.9 Å². The van der Waals surface area contributed by atoms with Gasteiger partial charge in [-0.05, 0) is 65.2 Å². The van der Waals surface area contributed by atoms with E-state index in [9.17, 15) is 24.0 Å². The van der Waals surface area contributed by atoms with E-state index in [1.165, 1.54) is 6.92 Å². The quantitative estimate of drug-likeness (QED) is 0.274. The first-order chi connectivity index (χ1) is 18.9. The predicted octanol–water partition coefficient (Wildman–Crippen LogP) is 3.01. The number of ether oxygens (including phenoxy) is 2. The number of piperidine rings is 2. The third kappa shape index (κ3) is 12.1. The van der Waals surface area contributed by atoms with Crippen LogP contribution in [0.1, 0.15) is 92.4 Å². The largest absolute Gasteiger partial charge is 0.464 e. The molecule has 0 unspecified atom stereocenters. The van der Waals surface area contributed by atoms with Crippen LogP contribution in [0.3, 0.4) is 0 Å². The fraction of sp³-hybridized carbons (Fsp3) is 0.828. The van der Waals surface area contributed by atoms with E-state index in [1.807, 2.05) is 20.8 Å². The van der Waals surface area contributed by atoms with Crippen molar-refractivity contribution in [3.05, 3.63) is 0 Å². The topological polar surface area (TPSA) is 134 Å². The zero-order valence-electron chi connectivity index (χ0n) is 25.1. The molecule has 2 fully saturated rings. The summed E-state index contributed by atoms with van der Waals surface area (Å²) in [6.07, 6.45) is 6.65. The molecule has 0 spiro atoms. The second-order valence-electron chi connectivity index (χ2n) is 12.0. The van der Waals surface area contributed by atoms with Crippen LogP contribution in [0.25, 0.3) is 0 Å². The van der Waals surface area contributed by atoms with Crippen LogP contribution in [0.2, 0.25) is 0 Å². The summed E-state index contributed by atoms with van der Waals surface area (Å²) in [7, 11) is 0. The van der Waals surface area contributed by atoms with E-state index in [2.05, 4.69) is 17.6 Å². The predicted molar refractivity (Wildman–Crippen MR) is 150 cm³/mol. The van der Waals surface area contributed by atoms with Crippen LogP contribution in [-0.2, 0) is 28.7 Å². The number of hydrogen-bond acceptors (Lipinski definition) is 7. The van der Waals surface area contributed by atoms with Crippen LogP contribution in [0, 0.1) is 11.8 Å². The number of unbranched alkanes of at least 4 members (excludes halogenated alkanes) is 2. The van der Waals surface area contributed by atoms with Crippen molar-refractivity contribution in [2.24, 2.45) is 11.8 Å². The maximum Gasteiger partial charge on any atom is 0.410 e. The van der Waals surface area contributed by atoms with Gasteiger partial charge in [0.25, 0.3) is 0 Å². The molecule has 4 amide bonds. The van der Waals surface area contributed by atoms with Crippen molar-refractivity contribution in [3.63, 3.8) is 0 Å². The third-order valence-electron chi connectivity index (χ3n) is 7.31. The highest BCUT2D eigenvalue weighted by molar-refractivity contribution is 5.85. The van der Waals surface area contributed by atoms with Crippen LogP contribution in [0.5, 0.6) is 0 Å². The second kappa shape index (κ2) is 16.4. The molecule has 40 heavy (non-hydrogen) atoms. The molecule has 2 heterocycles. The average molecular weight is 567 g/mol. The first kappa shape index (κ1) is 33.4. The Balaban J connectivity index is 1.76. The highest BCUT2D eigenvalue weighted by Crippen LogP contribution is 2.25. The third-order valence-corrected chi connectivity index (χ3v) is 7.31. The lowest BCUT2D eigenvalue weighted by molar-refractivity contribution is -0.147. The maximum atomic E-state index is 13.0. The fourth-order valence-electron chi connectivity index (χ4n) is 5.05. The summed E-state index contributed by atoms with van der Waals surface area (Å²) in [4.78, 5) is 65.6. The van der Waals surface area contributed by atoms with Gasteiger partial charge in [0, 0.05) is 46.1 Å². The van der Waals surface area contributed by atoms with E-state index in [1.54, 1.807) is 9.80 Å². The van der Waals surface area contributed by atoms with Gasteiger partial charge < -0.3 is 29.9 Å². The van der Waals surface area contributed by atoms with Gasteiger partial charge in [-0.25, -0.2) is 9.59 Å². The van der Waals surface area contributed by atoms with E-state index >= 15 is 0 Å². The van der Waals surface area contributed by atoms with E-state index < -0.39 is 17.6 Å². The molecule has 0 saturated carbocycles. The molecule has 2 atom stereocenters. The molecule has 0 aromatic rings. The number of carbonyl (C=O) groups is 5. The van der Waals surface area contributed by atoms with Crippen molar-refractivity contribution in [2.75, 3.05) is 39.3 Å². The van der Waals surface area contributed by atoms with E-state index in [0.717, 1.165) is 44.9 Å². The van der Waals surface area contributed by atoms with Crippen LogP contribution < -0.4 is 10.6 Å². The maximum absolute atomic E-state index is 13.0. The van der Waals surface area contributed by atoms with Crippen molar-refractivity contribution in [1.29, 1.82) is 0 Å². The summed E-state index contributed by atoms with van der Waals surface area (Å²) in [5, 5.41) is 5.33. The first-order valence-corrected chi connectivity index (χ1v) is 14.9. The molecule has 0 aromatic heterocycles. The molecular weight excluding hydrogens is 516 g/mol. The Morgan fingerprint density at radius 1 is 0.975 bits per heavy atom. The number of amides is 4. The number of rotatable bonds is 12. The van der Waals surface area contributed by atoms with Gasteiger partial charge in [-0.15, -0.1) is 0 Å². The molecule has 0 bridgehead atoms. The Morgan fingerprint density at radius 2 is 1.68 bits per heavy atom. The molecule has 0 aromatic carbocycles. The SMILES string of the molecule is CCCCCOC(=O)[C@H](CNC(=O)[C@@H]1CCCN(C(=O)CCC2CCN(C(=O)OC(C)(C)C)CC2)C1)NC(C)=O. The number of likely N-dealkylation sites (tertiary alicyclic amines) is 2. The summed E-state index contributed by atoms with van der Waals surface area (Å²) in [6, 6.07) is -0.953. The van der Waals surface area contributed by atoms with Crippen LogP contribution in [0.4, 0.5) is 4.79 Å². The number of hydrogen-bond donors (Lipinski definition) is 2. The smallest absolute Gasteiger partial charge is 0.410 e. The molecular formula is C29H50N4O7. The van der Waals surface area contributed by atoms with Gasteiger partial charge in [-0.3, -0.25) is 14.4 Å². The van der Waals surface area contributed by atoms with Crippen molar-refractivity contribution in [3.8, 4) is 0 Å². The number of nitrogens with one attached hydrogen (secondary N) is 2. The molecule has 0 radical (unpaired) electrons. The second-order valence-corrected chi connectivity index (χ2v) is 12.0. The van der Waals surface area contributed by atoms with Crippen LogP contribution >= 0.6 is 0 Å². The van der Waals surface area contributed by atoms with E-state index in [-0.39, 0.29) is 42.9 Å². The molecule has 228 valence electrons. The Hall–Kier alpha value is -2.85. The minimum absolute atomic E-state index is 0.0406. The number of carbonyl (C=O) groups excluding carboxylic acids is 5. The van der Waals surface area contributed by atoms with Crippen LogP contribution in [0.15, 0.2) is 0 Å². The highest BCUT2D eigenvalue weighted by Gasteiger charge is 2.31. The summed E-state index contributed by atoms with van der Waals surface area (Å²) in [6.45, 7) is 11.4. The summed E-state index contributed by atoms with van der Waals surface area (Å²) in [5.74, 6) is -1.13. The first-order valence-electron chi connectivity index (χ1n) is 14.9. The summed E-state index contributed by atoms with van der Waals surface area (Å²) >= 11 is 0. The van der Waals surface area contributed by atoms with Gasteiger partial charge in [0.1, 0.15) is 11.6 Å². The Kier molecular flexibility index (Phi) is 13.7. The molecule has 11 heteroatoms. The molecule has 2 aliphatic heterocycles. The van der Waals surface area contributed by atoms with Crippen molar-refractivity contribution >= 4 is 29.8 Å². The van der Waals surface area contributed by atoms with E-state index in [4.69, 9.17) is 9.47 Å². The normalized spacial score (nSPS) is 19.0. The monoisotopic (exact) mass is 566 g/mol. The molecule has 11 nitrogen and oxygen atoms in total. The van der Waals surface area contributed by atoms with Crippen LogP contribution in [-0.4, -0.2) is 90.6 Å². The Morgan fingerprint density at radius 3 is 2.30 bits per heavy atom. The summed E-state index contributed by atoms with van der Waals surface area (Å²) in [5.41, 5.74) is -0.517. The lowest BCUT2D eigenvalue weighted by Crippen LogP contribution is -2.51. The van der Waals surface area contributed by atoms with Gasteiger partial charge in [0.2, 0.25) is 17.7 Å². The summed E-state index contributed by atoms with van der Waals surface area (Å²) < 4.78 is 10.7. The fourth-order valence-corrected chi connectivity index (χ4v) is 5.05. The number of nitrogens with zero attached hydrogens (tertiary/aromatic N) is 2. The van der Waals surface area contributed by atoms with Gasteiger partial charge in [-0.2, -0.15) is 0 Å². The van der Waals surface area contributed by atoms with Gasteiger partial charge in [0.05, 0.1) is 12.5 Å². The zero-order valence-corrected chi connectivity index (χ0v) is 25.1. The van der Waals surface area contributed by atoms with Gasteiger partial charge >= 0.3 is 12.1 Å². The molecule has 2 N–H and O–H groups in total. The molecule has 2 saturated heterocycles. The molecule has 2 rings (SSSR count).